The van der Waals surface area contributed by atoms with E-state index in [4.69, 9.17) is 14.2 Å². The summed E-state index contributed by atoms with van der Waals surface area (Å²) in [5.74, 6) is -0.964. The maximum atomic E-state index is 12.8. The van der Waals surface area contributed by atoms with Gasteiger partial charge in [0.05, 0.1) is 0 Å². The van der Waals surface area contributed by atoms with E-state index in [0.29, 0.717) is 19.3 Å². The summed E-state index contributed by atoms with van der Waals surface area (Å²) in [5.41, 5.74) is 0. The molecule has 0 aliphatic heterocycles. The zero-order chi connectivity index (χ0) is 47.2. The summed E-state index contributed by atoms with van der Waals surface area (Å²) in [6.45, 7) is 6.44. The minimum absolute atomic E-state index is 0.103. The van der Waals surface area contributed by atoms with E-state index >= 15 is 0 Å². The highest BCUT2D eigenvalue weighted by molar-refractivity contribution is 5.71. The average Bonchev–Trinajstić information content (AvgIpc) is 3.30. The van der Waals surface area contributed by atoms with E-state index in [2.05, 4.69) is 57.2 Å². The fourth-order valence-corrected chi connectivity index (χ4v) is 7.45. The minimum atomic E-state index is -0.803. The molecule has 0 heterocycles. The summed E-state index contributed by atoms with van der Waals surface area (Å²) in [4.78, 5) is 38.0. The Bertz CT molecular complexity index is 1270. The Hall–Kier alpha value is -3.41. The molecule has 0 N–H and O–H groups in total. The van der Waals surface area contributed by atoms with Crippen molar-refractivity contribution < 1.29 is 28.6 Å². The summed E-state index contributed by atoms with van der Waals surface area (Å²) < 4.78 is 16.8. The topological polar surface area (TPSA) is 78.9 Å². The SMILES string of the molecule is CC\C=C/C=C\C=C/C=C\C=C/CCCCCC(=O)OCC(COC(=O)CCCCC/C=C\C=C/CCCCCCCCC)OC(=O)CCCCCCCCCCCCCCCCCC. The second-order valence-electron chi connectivity index (χ2n) is 17.9. The van der Waals surface area contributed by atoms with Crippen molar-refractivity contribution in [2.24, 2.45) is 0 Å². The molecule has 0 saturated heterocycles. The highest BCUT2D eigenvalue weighted by atomic mass is 16.6. The predicted octanol–water partition coefficient (Wildman–Crippen LogP) is 18.0. The van der Waals surface area contributed by atoms with Gasteiger partial charge in [-0.05, 0) is 64.2 Å². The van der Waals surface area contributed by atoms with Crippen LogP contribution in [0.5, 0.6) is 0 Å². The van der Waals surface area contributed by atoms with Crippen molar-refractivity contribution in [2.75, 3.05) is 13.2 Å². The van der Waals surface area contributed by atoms with Gasteiger partial charge in [-0.15, -0.1) is 0 Å². The number of hydrogen-bond donors (Lipinski definition) is 0. The van der Waals surface area contributed by atoms with Crippen LogP contribution in [0.2, 0.25) is 0 Å². The Kier molecular flexibility index (Phi) is 50.4. The third-order valence-electron chi connectivity index (χ3n) is 11.5. The molecule has 0 radical (unpaired) electrons. The molecule has 0 fully saturated rings. The first kappa shape index (κ1) is 61.6. The van der Waals surface area contributed by atoms with Crippen LogP contribution in [0.15, 0.2) is 85.1 Å². The van der Waals surface area contributed by atoms with Crippen molar-refractivity contribution in [1.29, 1.82) is 0 Å². The molecule has 0 saturated carbocycles. The molecular formula is C59H100O6. The van der Waals surface area contributed by atoms with Crippen molar-refractivity contribution in [3.05, 3.63) is 85.1 Å². The molecule has 6 nitrogen and oxygen atoms in total. The largest absolute Gasteiger partial charge is 0.462 e. The lowest BCUT2D eigenvalue weighted by Crippen LogP contribution is -2.30. The third-order valence-corrected chi connectivity index (χ3v) is 11.5. The molecule has 1 atom stereocenters. The van der Waals surface area contributed by atoms with Crippen LogP contribution >= 0.6 is 0 Å². The van der Waals surface area contributed by atoms with Crippen LogP contribution in [0.3, 0.4) is 0 Å². The summed E-state index contributed by atoms with van der Waals surface area (Å²) in [5, 5.41) is 0. The van der Waals surface area contributed by atoms with Crippen LogP contribution in [0, 0.1) is 0 Å². The van der Waals surface area contributed by atoms with Crippen LogP contribution < -0.4 is 0 Å². The van der Waals surface area contributed by atoms with E-state index in [1.54, 1.807) is 0 Å². The molecule has 65 heavy (non-hydrogen) atoms. The van der Waals surface area contributed by atoms with Gasteiger partial charge >= 0.3 is 17.9 Å². The summed E-state index contributed by atoms with van der Waals surface area (Å²) in [7, 11) is 0. The van der Waals surface area contributed by atoms with Crippen LogP contribution in [-0.4, -0.2) is 37.2 Å². The van der Waals surface area contributed by atoms with E-state index in [1.165, 1.54) is 128 Å². The quantitative estimate of drug-likeness (QED) is 0.0262. The van der Waals surface area contributed by atoms with E-state index in [0.717, 1.165) is 83.5 Å². The maximum Gasteiger partial charge on any atom is 0.306 e. The van der Waals surface area contributed by atoms with E-state index < -0.39 is 6.10 Å². The van der Waals surface area contributed by atoms with E-state index in [1.807, 2.05) is 48.6 Å². The van der Waals surface area contributed by atoms with Gasteiger partial charge in [-0.2, -0.15) is 0 Å². The molecule has 0 aromatic carbocycles. The van der Waals surface area contributed by atoms with Gasteiger partial charge in [0.15, 0.2) is 6.10 Å². The Morgan fingerprint density at radius 3 is 0.969 bits per heavy atom. The molecule has 0 rings (SSSR count). The maximum absolute atomic E-state index is 12.8. The van der Waals surface area contributed by atoms with E-state index in [9.17, 15) is 14.4 Å². The highest BCUT2D eigenvalue weighted by Crippen LogP contribution is 2.15. The average molecular weight is 905 g/mol. The van der Waals surface area contributed by atoms with Crippen LogP contribution in [0.1, 0.15) is 252 Å². The fraction of sp³-hybridized carbons (Fsp3) is 0.712. The Labute approximate surface area is 401 Å². The first-order valence-corrected chi connectivity index (χ1v) is 27.2. The van der Waals surface area contributed by atoms with Crippen molar-refractivity contribution in [1.82, 2.24) is 0 Å². The first-order chi connectivity index (χ1) is 32.0. The number of allylic oxidation sites excluding steroid dienone is 14. The molecule has 0 aliphatic carbocycles. The van der Waals surface area contributed by atoms with Gasteiger partial charge in [0, 0.05) is 19.3 Å². The molecule has 0 amide bonds. The lowest BCUT2D eigenvalue weighted by molar-refractivity contribution is -0.167. The number of carbonyl (C=O) groups is 3. The number of esters is 3. The molecular weight excluding hydrogens is 805 g/mol. The van der Waals surface area contributed by atoms with Gasteiger partial charge in [0.1, 0.15) is 13.2 Å². The molecule has 0 aliphatic rings. The monoisotopic (exact) mass is 905 g/mol. The molecule has 6 heteroatoms. The van der Waals surface area contributed by atoms with Crippen molar-refractivity contribution in [2.45, 2.75) is 258 Å². The Morgan fingerprint density at radius 1 is 0.323 bits per heavy atom. The van der Waals surface area contributed by atoms with Crippen LogP contribution in [0.25, 0.3) is 0 Å². The lowest BCUT2D eigenvalue weighted by atomic mass is 10.0. The summed E-state index contributed by atoms with van der Waals surface area (Å²) in [6.07, 6.45) is 68.5. The molecule has 0 spiro atoms. The predicted molar refractivity (Wildman–Crippen MR) is 279 cm³/mol. The zero-order valence-electron chi connectivity index (χ0n) is 42.5. The normalized spacial score (nSPS) is 12.7. The molecule has 1 unspecified atom stereocenters. The van der Waals surface area contributed by atoms with Crippen molar-refractivity contribution >= 4 is 17.9 Å². The number of unbranched alkanes of at least 4 members (excludes halogenated alkanes) is 28. The first-order valence-electron chi connectivity index (χ1n) is 27.2. The Morgan fingerprint density at radius 2 is 0.600 bits per heavy atom. The molecule has 0 aromatic rings. The minimum Gasteiger partial charge on any atom is -0.462 e. The van der Waals surface area contributed by atoms with Gasteiger partial charge in [0.25, 0.3) is 0 Å². The summed E-state index contributed by atoms with van der Waals surface area (Å²) >= 11 is 0. The van der Waals surface area contributed by atoms with Crippen molar-refractivity contribution in [3.8, 4) is 0 Å². The van der Waals surface area contributed by atoms with Gasteiger partial charge < -0.3 is 14.2 Å². The lowest BCUT2D eigenvalue weighted by Gasteiger charge is -2.18. The van der Waals surface area contributed by atoms with Crippen molar-refractivity contribution in [3.63, 3.8) is 0 Å². The van der Waals surface area contributed by atoms with E-state index in [-0.39, 0.29) is 31.1 Å². The number of rotatable bonds is 48. The van der Waals surface area contributed by atoms with Gasteiger partial charge in [0.2, 0.25) is 0 Å². The number of hydrogen-bond acceptors (Lipinski definition) is 6. The number of ether oxygens (including phenoxy) is 3. The zero-order valence-corrected chi connectivity index (χ0v) is 42.5. The van der Waals surface area contributed by atoms with Gasteiger partial charge in [-0.25, -0.2) is 0 Å². The highest BCUT2D eigenvalue weighted by Gasteiger charge is 2.19. The standard InChI is InChI=1S/C59H100O6/c1-4-7-10-13-16-19-22-25-28-31-34-37-40-43-46-49-52-58(61)64-55-56(54-63-57(60)51-48-45-42-39-36-33-30-27-24-21-18-15-12-9-6-3)65-59(62)53-50-47-44-41-38-35-32-29-26-23-20-17-14-11-8-5-2/h9,12,15,18,21,24,27-28,30-31,33-34,36-37,56H,4-8,10-11,13-14,16-17,19-20,22-23,25-26,29,32,35,38-55H2,1-3H3/b12-9-,18-15-,24-21-,30-27-,31-28-,36-33-,37-34-. The smallest absolute Gasteiger partial charge is 0.306 e. The second-order valence-corrected chi connectivity index (χ2v) is 17.9. The third kappa shape index (κ3) is 51.4. The fourth-order valence-electron chi connectivity index (χ4n) is 7.45. The molecule has 0 bridgehead atoms. The molecule has 0 aromatic heterocycles. The van der Waals surface area contributed by atoms with Gasteiger partial charge in [-0.1, -0.05) is 254 Å². The second kappa shape index (κ2) is 53.2. The van der Waals surface area contributed by atoms with Gasteiger partial charge in [-0.3, -0.25) is 14.4 Å². The Balaban J connectivity index is 4.49. The summed E-state index contributed by atoms with van der Waals surface area (Å²) in [6, 6.07) is 0. The number of carbonyl (C=O) groups excluding carboxylic acids is 3. The van der Waals surface area contributed by atoms with Crippen LogP contribution in [-0.2, 0) is 28.6 Å². The van der Waals surface area contributed by atoms with Crippen LogP contribution in [0.4, 0.5) is 0 Å². The molecule has 372 valence electrons.